The van der Waals surface area contributed by atoms with Crippen molar-refractivity contribution in [2.45, 2.75) is 13.3 Å². The molecular formula is C20H16FN5O. The maximum atomic E-state index is 13.6. The van der Waals surface area contributed by atoms with Crippen molar-refractivity contribution in [2.24, 2.45) is 0 Å². The van der Waals surface area contributed by atoms with Gasteiger partial charge in [-0.1, -0.05) is 18.9 Å². The summed E-state index contributed by atoms with van der Waals surface area (Å²) >= 11 is 0. The molecule has 0 bridgehead atoms. The molecule has 0 saturated heterocycles. The Labute approximate surface area is 155 Å². The number of nitrogens with zero attached hydrogens (tertiary/aromatic N) is 3. The van der Waals surface area contributed by atoms with E-state index in [-0.39, 0.29) is 11.5 Å². The summed E-state index contributed by atoms with van der Waals surface area (Å²) in [6.45, 7) is 1.94. The van der Waals surface area contributed by atoms with Gasteiger partial charge in [0.05, 0.1) is 17.3 Å². The number of halogens is 1. The monoisotopic (exact) mass is 361 g/mol. The van der Waals surface area contributed by atoms with E-state index in [1.807, 2.05) is 6.92 Å². The number of terminal acetylenes is 1. The van der Waals surface area contributed by atoms with Crippen LogP contribution in [0.1, 0.15) is 18.9 Å². The Balaban J connectivity index is 1.93. The molecule has 1 amide bonds. The van der Waals surface area contributed by atoms with E-state index < -0.39 is 5.82 Å². The van der Waals surface area contributed by atoms with Gasteiger partial charge in [-0.05, 0) is 36.8 Å². The first-order valence-electron chi connectivity index (χ1n) is 8.22. The summed E-state index contributed by atoms with van der Waals surface area (Å²) in [5, 5.41) is 6.43. The van der Waals surface area contributed by atoms with Gasteiger partial charge in [-0.3, -0.25) is 4.79 Å². The summed E-state index contributed by atoms with van der Waals surface area (Å²) < 4.78 is 13.6. The van der Waals surface area contributed by atoms with E-state index in [2.05, 4.69) is 31.5 Å². The molecule has 27 heavy (non-hydrogen) atoms. The molecule has 1 aromatic carbocycles. The second-order valence-electron chi connectivity index (χ2n) is 5.57. The van der Waals surface area contributed by atoms with Crippen LogP contribution < -0.4 is 10.6 Å². The lowest BCUT2D eigenvalue weighted by Crippen LogP contribution is -2.09. The van der Waals surface area contributed by atoms with Crippen LogP contribution in [0.4, 0.5) is 21.7 Å². The third-order valence-corrected chi connectivity index (χ3v) is 3.66. The predicted molar refractivity (Wildman–Crippen MR) is 103 cm³/mol. The van der Waals surface area contributed by atoms with Crippen molar-refractivity contribution in [3.05, 3.63) is 60.3 Å². The summed E-state index contributed by atoms with van der Waals surface area (Å²) in [6, 6.07) is 6.03. The molecule has 0 radical (unpaired) electrons. The number of nitrogens with one attached hydrogen (secondary N) is 2. The van der Waals surface area contributed by atoms with Gasteiger partial charge in [0.25, 0.3) is 0 Å². The van der Waals surface area contributed by atoms with Crippen molar-refractivity contribution < 1.29 is 9.18 Å². The Hall–Kier alpha value is -3.79. The van der Waals surface area contributed by atoms with Crippen molar-refractivity contribution in [1.82, 2.24) is 15.0 Å². The number of amides is 1. The normalized spacial score (nSPS) is 10.7. The van der Waals surface area contributed by atoms with E-state index in [4.69, 9.17) is 6.42 Å². The highest BCUT2D eigenvalue weighted by atomic mass is 19.1. The molecule has 0 aliphatic heterocycles. The third-order valence-electron chi connectivity index (χ3n) is 3.66. The van der Waals surface area contributed by atoms with Gasteiger partial charge in [0, 0.05) is 11.1 Å². The van der Waals surface area contributed by atoms with Crippen LogP contribution in [-0.2, 0) is 4.79 Å². The highest BCUT2D eigenvalue weighted by Crippen LogP contribution is 2.25. The largest absolute Gasteiger partial charge is 0.340 e. The minimum absolute atomic E-state index is 0.149. The second kappa shape index (κ2) is 8.06. The van der Waals surface area contributed by atoms with Crippen LogP contribution in [0.2, 0.25) is 0 Å². The molecule has 2 heterocycles. The number of pyridine rings is 1. The summed E-state index contributed by atoms with van der Waals surface area (Å²) in [6.07, 6.45) is 12.2. The molecule has 3 rings (SSSR count). The van der Waals surface area contributed by atoms with Gasteiger partial charge in [0.1, 0.15) is 23.8 Å². The Morgan fingerprint density at radius 2 is 2.15 bits per heavy atom. The zero-order valence-corrected chi connectivity index (χ0v) is 14.5. The maximum absolute atomic E-state index is 13.6. The number of aromatic nitrogens is 3. The average Bonchev–Trinajstić information content (AvgIpc) is 2.68. The van der Waals surface area contributed by atoms with E-state index >= 15 is 0 Å². The molecule has 7 heteroatoms. The number of carbonyl (C=O) groups excluding carboxylic acids is 1. The molecule has 0 aliphatic carbocycles. The second-order valence-corrected chi connectivity index (χ2v) is 5.57. The number of allylic oxidation sites excluding steroid dienone is 1. The Morgan fingerprint density at radius 3 is 2.93 bits per heavy atom. The molecule has 0 spiro atoms. The van der Waals surface area contributed by atoms with Crippen molar-refractivity contribution in [3.63, 3.8) is 0 Å². The molecule has 134 valence electrons. The number of fused-ring (bicyclic) bond motifs is 1. The van der Waals surface area contributed by atoms with Gasteiger partial charge in [0.2, 0.25) is 5.91 Å². The first-order valence-corrected chi connectivity index (χ1v) is 8.22. The molecule has 0 fully saturated rings. The zero-order chi connectivity index (χ0) is 19.2. The smallest absolute Gasteiger partial charge is 0.249 e. The van der Waals surface area contributed by atoms with Gasteiger partial charge in [0.15, 0.2) is 0 Å². The fourth-order valence-electron chi connectivity index (χ4n) is 2.37. The highest BCUT2D eigenvalue weighted by molar-refractivity contribution is 6.00. The molecule has 0 saturated carbocycles. The van der Waals surface area contributed by atoms with E-state index in [0.29, 0.717) is 28.2 Å². The zero-order valence-electron chi connectivity index (χ0n) is 14.5. The van der Waals surface area contributed by atoms with E-state index in [9.17, 15) is 9.18 Å². The molecule has 2 N–H and O–H groups in total. The van der Waals surface area contributed by atoms with E-state index in [0.717, 1.165) is 6.42 Å². The maximum Gasteiger partial charge on any atom is 0.249 e. The van der Waals surface area contributed by atoms with Gasteiger partial charge in [-0.2, -0.15) is 0 Å². The van der Waals surface area contributed by atoms with Crippen molar-refractivity contribution in [3.8, 4) is 12.3 Å². The van der Waals surface area contributed by atoms with Crippen molar-refractivity contribution in [2.75, 3.05) is 10.6 Å². The molecule has 6 nitrogen and oxygen atoms in total. The lowest BCUT2D eigenvalue weighted by molar-refractivity contribution is -0.111. The number of anilines is 3. The highest BCUT2D eigenvalue weighted by Gasteiger charge is 2.09. The topological polar surface area (TPSA) is 79.8 Å². The van der Waals surface area contributed by atoms with E-state index in [1.54, 1.807) is 24.4 Å². The Morgan fingerprint density at radius 1 is 1.30 bits per heavy atom. The molecule has 0 atom stereocenters. The van der Waals surface area contributed by atoms with Crippen LogP contribution in [0.15, 0.2) is 48.9 Å². The number of carbonyl (C=O) groups is 1. The fraction of sp³-hybridized carbons (Fsp3) is 0.100. The van der Waals surface area contributed by atoms with Crippen LogP contribution in [0.3, 0.4) is 0 Å². The Kier molecular flexibility index (Phi) is 5.38. The quantitative estimate of drug-likeness (QED) is 0.534. The standard InChI is InChI=1S/C20H16FN5O/c1-3-5-6-19(27)26-18-10-15-17(11-22-18)23-12-24-20(15)25-14-7-8-16(21)13(4-2)9-14/h2,5-12H,3H2,1H3,(H,22,26,27)(H,23,24,25)/b6-5+. The summed E-state index contributed by atoms with van der Waals surface area (Å²) in [7, 11) is 0. The number of benzene rings is 1. The first-order chi connectivity index (χ1) is 13.1. The van der Waals surface area contributed by atoms with Crippen LogP contribution in [0.25, 0.3) is 10.9 Å². The summed E-state index contributed by atoms with van der Waals surface area (Å²) in [5.74, 6) is 2.41. The number of hydrogen-bond acceptors (Lipinski definition) is 5. The number of hydrogen-bond donors (Lipinski definition) is 2. The fourth-order valence-corrected chi connectivity index (χ4v) is 2.37. The van der Waals surface area contributed by atoms with Gasteiger partial charge >= 0.3 is 0 Å². The van der Waals surface area contributed by atoms with Crippen LogP contribution in [0.5, 0.6) is 0 Å². The Bertz CT molecular complexity index is 1070. The average molecular weight is 361 g/mol. The summed E-state index contributed by atoms with van der Waals surface area (Å²) in [4.78, 5) is 24.4. The van der Waals surface area contributed by atoms with Gasteiger partial charge < -0.3 is 10.6 Å². The predicted octanol–water partition coefficient (Wildman–Crippen LogP) is 3.79. The van der Waals surface area contributed by atoms with Crippen LogP contribution in [0, 0.1) is 18.2 Å². The van der Waals surface area contributed by atoms with Crippen LogP contribution in [-0.4, -0.2) is 20.9 Å². The number of rotatable bonds is 5. The lowest BCUT2D eigenvalue weighted by Gasteiger charge is -2.10. The molecule has 2 aromatic heterocycles. The minimum Gasteiger partial charge on any atom is -0.340 e. The molecule has 0 aliphatic rings. The van der Waals surface area contributed by atoms with E-state index in [1.165, 1.54) is 24.5 Å². The third kappa shape index (κ3) is 4.25. The molecule has 3 aromatic rings. The van der Waals surface area contributed by atoms with Crippen molar-refractivity contribution in [1.29, 1.82) is 0 Å². The SMILES string of the molecule is C#Cc1cc(Nc2ncnc3cnc(NC(=O)/C=C/CC)cc23)ccc1F. The van der Waals surface area contributed by atoms with Crippen LogP contribution >= 0.6 is 0 Å². The first kappa shape index (κ1) is 18.0. The van der Waals surface area contributed by atoms with Crippen molar-refractivity contribution >= 4 is 34.1 Å². The minimum atomic E-state index is -0.468. The summed E-state index contributed by atoms with van der Waals surface area (Å²) in [5.41, 5.74) is 1.32. The molecular weight excluding hydrogens is 345 g/mol. The van der Waals surface area contributed by atoms with Gasteiger partial charge in [-0.15, -0.1) is 6.42 Å². The van der Waals surface area contributed by atoms with Gasteiger partial charge in [-0.25, -0.2) is 19.3 Å². The lowest BCUT2D eigenvalue weighted by atomic mass is 10.2. The molecule has 0 unspecified atom stereocenters.